The first kappa shape index (κ1) is 18.6. The second-order valence-electron chi connectivity index (χ2n) is 5.47. The molecule has 0 unspecified atom stereocenters. The quantitative estimate of drug-likeness (QED) is 0.404. The lowest BCUT2D eigenvalue weighted by molar-refractivity contribution is 0.0526. The summed E-state index contributed by atoms with van der Waals surface area (Å²) in [4.78, 5) is 24.1. The Hall–Kier alpha value is -2.69. The molecule has 0 radical (unpaired) electrons. The maximum Gasteiger partial charge on any atom is 0.338 e. The third-order valence-corrected chi connectivity index (χ3v) is 3.61. The van der Waals surface area contributed by atoms with Crippen LogP contribution in [-0.2, 0) is 4.74 Å². The van der Waals surface area contributed by atoms with E-state index < -0.39 is 17.6 Å². The molecule has 0 aliphatic heterocycles. The molecule has 132 valence electrons. The van der Waals surface area contributed by atoms with Crippen molar-refractivity contribution in [2.24, 2.45) is 0 Å². The van der Waals surface area contributed by atoms with Crippen LogP contribution >= 0.6 is 0 Å². The van der Waals surface area contributed by atoms with Gasteiger partial charge in [0.1, 0.15) is 11.6 Å². The molecule has 0 spiro atoms. The third-order valence-electron chi connectivity index (χ3n) is 3.61. The standard InChI is InChI=1S/C20H21FO4/c1-3-5-12-25-16-10-11-17(18(21)13-16)19(22)14-6-8-15(9-7-14)20(23)24-4-2/h6-11,13H,3-5,12H2,1-2H3. The number of benzene rings is 2. The van der Waals surface area contributed by atoms with Crippen molar-refractivity contribution in [3.05, 3.63) is 65.0 Å². The number of hydrogen-bond donors (Lipinski definition) is 0. The van der Waals surface area contributed by atoms with E-state index in [0.717, 1.165) is 12.8 Å². The van der Waals surface area contributed by atoms with E-state index in [1.165, 1.54) is 36.4 Å². The molecule has 0 aromatic heterocycles. The van der Waals surface area contributed by atoms with Crippen LogP contribution in [0.2, 0.25) is 0 Å². The number of esters is 1. The van der Waals surface area contributed by atoms with Gasteiger partial charge in [0.05, 0.1) is 24.3 Å². The van der Waals surface area contributed by atoms with Gasteiger partial charge in [0, 0.05) is 11.6 Å². The molecule has 0 fully saturated rings. The Morgan fingerprint density at radius 3 is 2.28 bits per heavy atom. The van der Waals surface area contributed by atoms with E-state index in [1.807, 2.05) is 6.92 Å². The molecule has 2 aromatic rings. The van der Waals surface area contributed by atoms with Gasteiger partial charge in [0.2, 0.25) is 0 Å². The average molecular weight is 344 g/mol. The minimum atomic E-state index is -0.631. The number of rotatable bonds is 8. The Balaban J connectivity index is 2.13. The maximum atomic E-state index is 14.2. The number of halogens is 1. The predicted molar refractivity (Wildman–Crippen MR) is 92.6 cm³/mol. The molecule has 0 aliphatic carbocycles. The zero-order valence-electron chi connectivity index (χ0n) is 14.4. The first-order chi connectivity index (χ1) is 12.1. The number of carbonyl (C=O) groups is 2. The van der Waals surface area contributed by atoms with Crippen LogP contribution in [0.25, 0.3) is 0 Å². The van der Waals surface area contributed by atoms with Crippen LogP contribution in [0.1, 0.15) is 53.0 Å². The van der Waals surface area contributed by atoms with Crippen molar-refractivity contribution in [2.75, 3.05) is 13.2 Å². The molecule has 0 amide bonds. The molecule has 5 heteroatoms. The van der Waals surface area contributed by atoms with E-state index in [4.69, 9.17) is 9.47 Å². The number of hydrogen-bond acceptors (Lipinski definition) is 4. The van der Waals surface area contributed by atoms with Gasteiger partial charge in [0.15, 0.2) is 5.78 Å². The number of carbonyl (C=O) groups excluding carboxylic acids is 2. The minimum Gasteiger partial charge on any atom is -0.493 e. The lowest BCUT2D eigenvalue weighted by Gasteiger charge is -2.08. The van der Waals surface area contributed by atoms with Crippen LogP contribution in [0.5, 0.6) is 5.75 Å². The Bertz CT molecular complexity index is 738. The van der Waals surface area contributed by atoms with Gasteiger partial charge in [0.25, 0.3) is 0 Å². The molecular formula is C20H21FO4. The third kappa shape index (κ3) is 4.89. The maximum absolute atomic E-state index is 14.2. The van der Waals surface area contributed by atoms with Crippen LogP contribution in [0.4, 0.5) is 4.39 Å². The highest BCUT2D eigenvalue weighted by Crippen LogP contribution is 2.20. The zero-order valence-corrected chi connectivity index (χ0v) is 14.4. The smallest absolute Gasteiger partial charge is 0.338 e. The topological polar surface area (TPSA) is 52.6 Å². The molecule has 0 bridgehead atoms. The molecule has 0 aliphatic rings. The normalized spacial score (nSPS) is 10.4. The average Bonchev–Trinajstić information content (AvgIpc) is 2.62. The minimum absolute atomic E-state index is 0.0354. The van der Waals surface area contributed by atoms with Crippen molar-refractivity contribution in [1.29, 1.82) is 0 Å². The van der Waals surface area contributed by atoms with Crippen LogP contribution in [0, 0.1) is 5.82 Å². The number of ketones is 1. The van der Waals surface area contributed by atoms with Gasteiger partial charge in [-0.05, 0) is 37.6 Å². The van der Waals surface area contributed by atoms with Crippen LogP contribution < -0.4 is 4.74 Å². The molecule has 0 heterocycles. The second kappa shape index (κ2) is 8.97. The van der Waals surface area contributed by atoms with Crippen molar-refractivity contribution in [1.82, 2.24) is 0 Å². The summed E-state index contributed by atoms with van der Waals surface area (Å²) >= 11 is 0. The lowest BCUT2D eigenvalue weighted by Crippen LogP contribution is -2.07. The Morgan fingerprint density at radius 1 is 1.00 bits per heavy atom. The van der Waals surface area contributed by atoms with E-state index in [1.54, 1.807) is 13.0 Å². The fraction of sp³-hybridized carbons (Fsp3) is 0.300. The number of unbranched alkanes of at least 4 members (excludes halogenated alkanes) is 1. The van der Waals surface area contributed by atoms with Gasteiger partial charge in [-0.25, -0.2) is 9.18 Å². The molecule has 4 nitrogen and oxygen atoms in total. The van der Waals surface area contributed by atoms with Gasteiger partial charge >= 0.3 is 5.97 Å². The summed E-state index contributed by atoms with van der Waals surface area (Å²) in [6, 6.07) is 10.2. The van der Waals surface area contributed by atoms with Crippen molar-refractivity contribution in [3.63, 3.8) is 0 Å². The fourth-order valence-electron chi connectivity index (χ4n) is 2.23. The monoisotopic (exact) mass is 344 g/mol. The van der Waals surface area contributed by atoms with E-state index in [-0.39, 0.29) is 12.2 Å². The van der Waals surface area contributed by atoms with Crippen molar-refractivity contribution in [2.45, 2.75) is 26.7 Å². The summed E-state index contributed by atoms with van der Waals surface area (Å²) in [5.74, 6) is -1.14. The van der Waals surface area contributed by atoms with Gasteiger partial charge < -0.3 is 9.47 Å². The lowest BCUT2D eigenvalue weighted by atomic mass is 10.0. The highest BCUT2D eigenvalue weighted by atomic mass is 19.1. The van der Waals surface area contributed by atoms with E-state index >= 15 is 0 Å². The van der Waals surface area contributed by atoms with Gasteiger partial charge in [-0.15, -0.1) is 0 Å². The SMILES string of the molecule is CCCCOc1ccc(C(=O)c2ccc(C(=O)OCC)cc2)c(F)c1. The van der Waals surface area contributed by atoms with E-state index in [2.05, 4.69) is 0 Å². The molecule has 2 rings (SSSR count). The van der Waals surface area contributed by atoms with Crippen LogP contribution in [0.15, 0.2) is 42.5 Å². The van der Waals surface area contributed by atoms with Crippen LogP contribution in [-0.4, -0.2) is 25.0 Å². The summed E-state index contributed by atoms with van der Waals surface area (Å²) in [5, 5.41) is 0. The highest BCUT2D eigenvalue weighted by molar-refractivity contribution is 6.09. The Morgan fingerprint density at radius 2 is 1.68 bits per heavy atom. The second-order valence-corrected chi connectivity index (χ2v) is 5.47. The Labute approximate surface area is 146 Å². The van der Waals surface area contributed by atoms with Gasteiger partial charge in [-0.1, -0.05) is 25.5 Å². The first-order valence-electron chi connectivity index (χ1n) is 8.31. The summed E-state index contributed by atoms with van der Waals surface area (Å²) in [5.41, 5.74) is 0.608. The summed E-state index contributed by atoms with van der Waals surface area (Å²) < 4.78 is 24.5. The van der Waals surface area contributed by atoms with Gasteiger partial charge in [-0.3, -0.25) is 4.79 Å². The van der Waals surface area contributed by atoms with Gasteiger partial charge in [-0.2, -0.15) is 0 Å². The molecule has 2 aromatic carbocycles. The molecular weight excluding hydrogens is 323 g/mol. The van der Waals surface area contributed by atoms with Crippen molar-refractivity contribution >= 4 is 11.8 Å². The summed E-state index contributed by atoms with van der Waals surface area (Å²) in [6.07, 6.45) is 1.87. The van der Waals surface area contributed by atoms with Crippen molar-refractivity contribution < 1.29 is 23.5 Å². The molecule has 0 saturated heterocycles. The predicted octanol–water partition coefficient (Wildman–Crippen LogP) is 4.41. The zero-order chi connectivity index (χ0) is 18.2. The summed E-state index contributed by atoms with van der Waals surface area (Å²) in [7, 11) is 0. The largest absolute Gasteiger partial charge is 0.493 e. The molecule has 25 heavy (non-hydrogen) atoms. The molecule has 0 N–H and O–H groups in total. The summed E-state index contributed by atoms with van der Waals surface area (Å²) in [6.45, 7) is 4.54. The number of ether oxygens (including phenoxy) is 2. The van der Waals surface area contributed by atoms with Crippen LogP contribution in [0.3, 0.4) is 0 Å². The highest BCUT2D eigenvalue weighted by Gasteiger charge is 2.16. The molecule has 0 saturated carbocycles. The van der Waals surface area contributed by atoms with Crippen molar-refractivity contribution in [3.8, 4) is 5.75 Å². The van der Waals surface area contributed by atoms with E-state index in [9.17, 15) is 14.0 Å². The van der Waals surface area contributed by atoms with E-state index in [0.29, 0.717) is 23.5 Å². The Kier molecular flexibility index (Phi) is 6.69. The molecule has 0 atom stereocenters. The fourth-order valence-corrected chi connectivity index (χ4v) is 2.23. The first-order valence-corrected chi connectivity index (χ1v) is 8.31.